The van der Waals surface area contributed by atoms with E-state index in [0.717, 1.165) is 17.9 Å². The lowest BCUT2D eigenvalue weighted by Crippen LogP contribution is -2.50. The van der Waals surface area contributed by atoms with Crippen LogP contribution in [0.3, 0.4) is 0 Å². The Morgan fingerprint density at radius 3 is 2.56 bits per heavy atom. The minimum atomic E-state index is -0.669. The summed E-state index contributed by atoms with van der Waals surface area (Å²) in [6.07, 6.45) is 0.555. The van der Waals surface area contributed by atoms with Gasteiger partial charge in [-0.15, -0.1) is 11.8 Å². The highest BCUT2D eigenvalue weighted by atomic mass is 32.2. The molecule has 0 bridgehead atoms. The molecule has 0 radical (unpaired) electrons. The van der Waals surface area contributed by atoms with Crippen molar-refractivity contribution in [3.8, 4) is 5.75 Å². The fourth-order valence-electron chi connectivity index (χ4n) is 2.95. The minimum Gasteiger partial charge on any atom is -0.476 e. The van der Waals surface area contributed by atoms with Crippen LogP contribution in [0, 0.1) is 0 Å². The molecule has 1 aliphatic rings. The van der Waals surface area contributed by atoms with Gasteiger partial charge in [0.1, 0.15) is 5.75 Å². The number of carbonyl (C=O) groups is 2. The summed E-state index contributed by atoms with van der Waals surface area (Å²) in [5, 5.41) is 0. The molecule has 6 heteroatoms. The van der Waals surface area contributed by atoms with Gasteiger partial charge in [0.2, 0.25) is 5.91 Å². The number of hydrogen-bond donors (Lipinski definition) is 0. The Morgan fingerprint density at radius 2 is 1.81 bits per heavy atom. The van der Waals surface area contributed by atoms with Crippen molar-refractivity contribution in [1.29, 1.82) is 0 Å². The van der Waals surface area contributed by atoms with E-state index < -0.39 is 6.10 Å². The summed E-state index contributed by atoms with van der Waals surface area (Å²) in [5.41, 5.74) is 0.737. The summed E-state index contributed by atoms with van der Waals surface area (Å²) >= 11 is 1.75. The molecule has 1 unspecified atom stereocenters. The highest BCUT2D eigenvalue weighted by molar-refractivity contribution is 7.99. The fraction of sp³-hybridized carbons (Fsp3) is 0.333. The number of ether oxygens (including phenoxy) is 1. The zero-order valence-electron chi connectivity index (χ0n) is 15.6. The monoisotopic (exact) mass is 384 g/mol. The smallest absolute Gasteiger partial charge is 0.265 e. The van der Waals surface area contributed by atoms with Crippen molar-refractivity contribution in [3.63, 3.8) is 0 Å². The number of nitrogens with zero attached hydrogens (tertiary/aromatic N) is 2. The predicted octanol–water partition coefficient (Wildman–Crippen LogP) is 3.44. The van der Waals surface area contributed by atoms with Gasteiger partial charge in [0.15, 0.2) is 6.10 Å². The molecule has 0 aromatic heterocycles. The average molecular weight is 385 g/mol. The molecule has 0 N–H and O–H groups in total. The first-order valence-corrected chi connectivity index (χ1v) is 10.00. The number of amides is 2. The number of anilines is 1. The van der Waals surface area contributed by atoms with E-state index in [1.54, 1.807) is 36.8 Å². The third-order valence-corrected chi connectivity index (χ3v) is 5.44. The first-order valence-electron chi connectivity index (χ1n) is 9.01. The minimum absolute atomic E-state index is 0.0240. The van der Waals surface area contributed by atoms with Crippen molar-refractivity contribution >= 4 is 29.3 Å². The third kappa shape index (κ3) is 4.83. The normalized spacial score (nSPS) is 15.6. The molecule has 1 aliphatic heterocycles. The van der Waals surface area contributed by atoms with Gasteiger partial charge < -0.3 is 14.5 Å². The molecule has 0 saturated carbocycles. The standard InChI is InChI=1S/C21H24N2O3S/c1-22(2)21(25)19-15-23(17-11-6-7-12-18(17)26-19)20(24)13-8-14-27-16-9-4-3-5-10-16/h3-7,9-12,19H,8,13-15H2,1-2H3. The van der Waals surface area contributed by atoms with Gasteiger partial charge in [-0.3, -0.25) is 9.59 Å². The maximum absolute atomic E-state index is 12.8. The Balaban J connectivity index is 1.62. The molecule has 2 amide bonds. The Bertz CT molecular complexity index is 795. The Morgan fingerprint density at radius 1 is 1.11 bits per heavy atom. The molecule has 2 aromatic carbocycles. The first-order chi connectivity index (χ1) is 13.1. The fourth-order valence-corrected chi connectivity index (χ4v) is 3.83. The Hall–Kier alpha value is -2.47. The molecule has 0 saturated heterocycles. The van der Waals surface area contributed by atoms with Gasteiger partial charge in [0, 0.05) is 25.4 Å². The second-order valence-corrected chi connectivity index (χ2v) is 7.74. The van der Waals surface area contributed by atoms with Crippen LogP contribution in [-0.4, -0.2) is 49.2 Å². The molecule has 1 heterocycles. The third-order valence-electron chi connectivity index (χ3n) is 4.34. The topological polar surface area (TPSA) is 49.9 Å². The molecular formula is C21H24N2O3S. The number of benzene rings is 2. The van der Waals surface area contributed by atoms with Crippen molar-refractivity contribution in [3.05, 3.63) is 54.6 Å². The van der Waals surface area contributed by atoms with Gasteiger partial charge in [-0.05, 0) is 36.4 Å². The van der Waals surface area contributed by atoms with Crippen LogP contribution in [0.1, 0.15) is 12.8 Å². The molecule has 142 valence electrons. The molecule has 5 nitrogen and oxygen atoms in total. The van der Waals surface area contributed by atoms with E-state index in [9.17, 15) is 9.59 Å². The van der Waals surface area contributed by atoms with Crippen LogP contribution in [-0.2, 0) is 9.59 Å². The molecule has 0 fully saturated rings. The predicted molar refractivity (Wildman–Crippen MR) is 108 cm³/mol. The lowest BCUT2D eigenvalue weighted by Gasteiger charge is -2.35. The second kappa shape index (κ2) is 8.95. The summed E-state index contributed by atoms with van der Waals surface area (Å²) in [6, 6.07) is 17.6. The summed E-state index contributed by atoms with van der Waals surface area (Å²) in [4.78, 5) is 29.6. The highest BCUT2D eigenvalue weighted by Crippen LogP contribution is 2.34. The summed E-state index contributed by atoms with van der Waals surface area (Å²) in [5.74, 6) is 1.34. The molecular weight excluding hydrogens is 360 g/mol. The van der Waals surface area contributed by atoms with E-state index >= 15 is 0 Å². The highest BCUT2D eigenvalue weighted by Gasteiger charge is 2.34. The van der Waals surface area contributed by atoms with Crippen LogP contribution in [0.2, 0.25) is 0 Å². The quantitative estimate of drug-likeness (QED) is 0.565. The molecule has 2 aromatic rings. The number of para-hydroxylation sites is 2. The summed E-state index contributed by atoms with van der Waals surface area (Å²) in [7, 11) is 3.39. The summed E-state index contributed by atoms with van der Waals surface area (Å²) < 4.78 is 5.83. The van der Waals surface area contributed by atoms with Crippen LogP contribution >= 0.6 is 11.8 Å². The lowest BCUT2D eigenvalue weighted by molar-refractivity contribution is -0.136. The lowest BCUT2D eigenvalue weighted by atomic mass is 10.1. The van der Waals surface area contributed by atoms with Gasteiger partial charge in [-0.25, -0.2) is 0 Å². The molecule has 27 heavy (non-hydrogen) atoms. The molecule has 1 atom stereocenters. The Labute approximate surface area is 164 Å². The SMILES string of the molecule is CN(C)C(=O)C1CN(C(=O)CCCSc2ccccc2)c2ccccc2O1. The van der Waals surface area contributed by atoms with Crippen LogP contribution in [0.4, 0.5) is 5.69 Å². The summed E-state index contributed by atoms with van der Waals surface area (Å²) in [6.45, 7) is 0.249. The van der Waals surface area contributed by atoms with Crippen LogP contribution in [0.5, 0.6) is 5.75 Å². The maximum Gasteiger partial charge on any atom is 0.265 e. The second-order valence-electron chi connectivity index (χ2n) is 6.58. The van der Waals surface area contributed by atoms with Crippen molar-refractivity contribution in [2.45, 2.75) is 23.8 Å². The van der Waals surface area contributed by atoms with Gasteiger partial charge in [-0.1, -0.05) is 30.3 Å². The number of carbonyl (C=O) groups excluding carboxylic acids is 2. The molecule has 0 aliphatic carbocycles. The van der Waals surface area contributed by atoms with E-state index in [0.29, 0.717) is 12.2 Å². The van der Waals surface area contributed by atoms with Gasteiger partial charge in [-0.2, -0.15) is 0 Å². The van der Waals surface area contributed by atoms with Gasteiger partial charge >= 0.3 is 0 Å². The largest absolute Gasteiger partial charge is 0.476 e. The zero-order valence-corrected chi connectivity index (χ0v) is 16.4. The van der Waals surface area contributed by atoms with Gasteiger partial charge in [0.25, 0.3) is 5.91 Å². The number of fused-ring (bicyclic) bond motifs is 1. The maximum atomic E-state index is 12.8. The van der Waals surface area contributed by atoms with Crippen LogP contribution in [0.15, 0.2) is 59.5 Å². The first kappa shape index (κ1) is 19.3. The van der Waals surface area contributed by atoms with E-state index in [4.69, 9.17) is 4.74 Å². The molecule has 0 spiro atoms. The number of rotatable bonds is 6. The van der Waals surface area contributed by atoms with E-state index in [1.165, 1.54) is 9.80 Å². The average Bonchev–Trinajstić information content (AvgIpc) is 2.70. The number of likely N-dealkylation sites (N-methyl/N-ethyl adjacent to an activating group) is 1. The van der Waals surface area contributed by atoms with Gasteiger partial charge in [0.05, 0.1) is 12.2 Å². The number of thioether (sulfide) groups is 1. The molecule has 3 rings (SSSR count). The van der Waals surface area contributed by atoms with E-state index in [2.05, 4.69) is 12.1 Å². The van der Waals surface area contributed by atoms with Crippen LogP contribution < -0.4 is 9.64 Å². The van der Waals surface area contributed by atoms with Crippen molar-refractivity contribution in [1.82, 2.24) is 4.90 Å². The zero-order chi connectivity index (χ0) is 19.2. The van der Waals surface area contributed by atoms with Crippen molar-refractivity contribution in [2.24, 2.45) is 0 Å². The van der Waals surface area contributed by atoms with E-state index in [1.807, 2.05) is 36.4 Å². The van der Waals surface area contributed by atoms with Crippen molar-refractivity contribution in [2.75, 3.05) is 31.3 Å². The van der Waals surface area contributed by atoms with Crippen LogP contribution in [0.25, 0.3) is 0 Å². The van der Waals surface area contributed by atoms with Crippen molar-refractivity contribution < 1.29 is 14.3 Å². The Kier molecular flexibility index (Phi) is 6.40. The van der Waals surface area contributed by atoms with E-state index in [-0.39, 0.29) is 18.4 Å². The number of hydrogen-bond acceptors (Lipinski definition) is 4.